The normalized spacial score (nSPS) is 48.1. The minimum Gasteiger partial charge on any atom is -0.410 e. The molecule has 0 aliphatic carbocycles. The van der Waals surface area contributed by atoms with Gasteiger partial charge in [-0.25, -0.2) is 0 Å². The van der Waals surface area contributed by atoms with Gasteiger partial charge in [0.25, 0.3) is 6.47 Å². The molecule has 22 unspecified atom stereocenters. The molecule has 10 saturated heterocycles. The van der Waals surface area contributed by atoms with Crippen molar-refractivity contribution in [2.24, 2.45) is 5.92 Å². The van der Waals surface area contributed by atoms with Crippen LogP contribution < -0.4 is 21.3 Å². The molecule has 4 amide bonds. The van der Waals surface area contributed by atoms with E-state index in [1.54, 1.807) is 0 Å². The van der Waals surface area contributed by atoms with Gasteiger partial charge < -0.3 is 254 Å². The Morgan fingerprint density at radius 3 is 1.07 bits per heavy atom. The van der Waals surface area contributed by atoms with E-state index in [1.165, 1.54) is 13.8 Å². The predicted octanol–water partition coefficient (Wildman–Crippen LogP) is -20.6. The largest absolute Gasteiger partial charge is 0.410 e. The van der Waals surface area contributed by atoms with Crippen molar-refractivity contribution in [3.8, 4) is 0 Å². The molecule has 746 valence electrons. The molecule has 31 N–H and O–H groups in total. The summed E-state index contributed by atoms with van der Waals surface area (Å²) < 4.78 is 119. The van der Waals surface area contributed by atoms with E-state index in [0.717, 1.165) is 27.7 Å². The summed E-state index contributed by atoms with van der Waals surface area (Å²) in [5.41, 5.74) is 0. The van der Waals surface area contributed by atoms with Crippen LogP contribution >= 0.6 is 0 Å². The van der Waals surface area contributed by atoms with Gasteiger partial charge in [0.15, 0.2) is 50.3 Å². The number of carbonyl (C=O) groups is 5. The van der Waals surface area contributed by atoms with Crippen LogP contribution in [0.25, 0.3) is 0 Å². The number of amides is 4. The molecule has 10 aliphatic rings. The Hall–Kier alpha value is -4.49. The summed E-state index contributed by atoms with van der Waals surface area (Å²) in [6, 6.07) is -7.13. The summed E-state index contributed by atoms with van der Waals surface area (Å²) in [6.07, 6.45) is -93.9. The molecular formula is C73H122N4O52. The summed E-state index contributed by atoms with van der Waals surface area (Å²) in [6.45, 7) is -4.52. The van der Waals surface area contributed by atoms with E-state index in [0.29, 0.717) is 0 Å². The Kier molecular flexibility index (Phi) is 38.5. The Balaban J connectivity index is 0.954. The minimum absolute atomic E-state index is 0.192. The third kappa shape index (κ3) is 23.9. The van der Waals surface area contributed by atoms with Gasteiger partial charge in [0.1, 0.15) is 226 Å². The van der Waals surface area contributed by atoms with Gasteiger partial charge in [0.05, 0.1) is 96.8 Å². The second-order valence-corrected chi connectivity index (χ2v) is 33.0. The van der Waals surface area contributed by atoms with Crippen LogP contribution in [-0.2, 0) is 119 Å². The van der Waals surface area contributed by atoms with Crippen molar-refractivity contribution in [1.29, 1.82) is 0 Å². The third-order valence-corrected chi connectivity index (χ3v) is 24.0. The van der Waals surface area contributed by atoms with E-state index in [-0.39, 0.29) is 6.47 Å². The first-order valence-corrected chi connectivity index (χ1v) is 41.4. The van der Waals surface area contributed by atoms with Crippen molar-refractivity contribution in [2.45, 2.75) is 354 Å². The molecule has 10 fully saturated rings. The highest BCUT2D eigenvalue weighted by Crippen LogP contribution is 2.43. The number of hydrogen-bond donors (Lipinski definition) is 31. The van der Waals surface area contributed by atoms with Crippen LogP contribution in [0.3, 0.4) is 0 Å². The summed E-state index contributed by atoms with van der Waals surface area (Å²) in [5, 5.41) is 312. The fourth-order valence-corrected chi connectivity index (χ4v) is 16.9. The third-order valence-electron chi connectivity index (χ3n) is 24.0. The Bertz CT molecular complexity index is 3520. The molecule has 56 heteroatoms. The quantitative estimate of drug-likeness (QED) is 0.0205. The van der Waals surface area contributed by atoms with Crippen molar-refractivity contribution < 1.29 is 257 Å². The standard InChI is InChI=1S/C73H122N4O52/c1-19-25(91)7-73(112-18-86,129-57(19)40(93)26(92)8-78)111-17-35-44(97)51(104)55(108)69(121-35)124-60-32(14-84)118-66(38(48(60)101)76-23(5)89)127-63-52(105)42(95)28(10-80)115-71(63)110-16-34-45(98)62(56(109)70(120-34)125-61-33(15-85)117-65(37(47(61)100)75-22(4)88)122-58-30(12-82)113-20(2)36(46(58)99)74-21(3)87)126-72-64(53(106)43(96)29(11-81)116-72)128-67-39(77-24(6)90)49(102)59(31(13-83)119-67)123-68-54(107)50(103)41(94)27(9-79)114-68/h18-20,25-72,78-85,91-109H,7-17H2,1-6H3,(H,74,87)(H,75,88)(H,76,89)(H,77,90)/t19-,20+,25-,26?,27?,28?,29?,30?,31?,32+,33?,34?,35?,36?,37?,38?,39?,40?,41+,42-,43-,44+,45-,46-,47-,48?,49-,50+,51+,52+,53?,54?,55?,56?,57?,58-,59+,60-,61-,62+,63?,64?,65+,66+,67+,68+,69+,70+,71+,72-,73+/m1/s1. The van der Waals surface area contributed by atoms with Crippen molar-refractivity contribution in [1.82, 2.24) is 21.3 Å². The number of carbonyl (C=O) groups excluding carboxylic acids is 5. The lowest BCUT2D eigenvalue weighted by Crippen LogP contribution is -2.71. The SMILES string of the molecule is CC(=O)NC1C(O)[C@H](O[C@@H]2OC(CO[C@]3(OC=O)C[C@@H](O)[C@@H](C)C(C(O)C(O)CO)O3)[C@H](O)[C@H](O)C2O)[C@H](CO)O[C@H]1OC1[C@@H](OCC2O[C@@H](O[C@@H]3C(CO)O[C@@H](O[C@@H]4C(CO)O[C@@H](C)C(NC(C)=O)[C@H]4O)C(NC(C)=O)[C@H]3O)C(O)[C@@H](O[C@H]3OC(CO)[C@@H](O)C(O)C3O[C@@H]3OC(CO)[C@H](O[C@@H]4OC(CO)[C@H](O)[C@H](O)C4O)[C@H](O)C3NC(C)=O)[C@@H]2O)OC(CO)[C@@H](O)[C@@H]1O. The molecule has 0 spiro atoms. The molecule has 0 aromatic rings. The Morgan fingerprint density at radius 1 is 0.349 bits per heavy atom. The molecular weight excluding hydrogens is 1760 g/mol. The van der Waals surface area contributed by atoms with Gasteiger partial charge in [-0.2, -0.15) is 0 Å². The minimum atomic E-state index is -2.66. The zero-order valence-electron chi connectivity index (χ0n) is 70.0. The lowest BCUT2D eigenvalue weighted by atomic mass is 9.87. The molecule has 0 aromatic heterocycles. The zero-order chi connectivity index (χ0) is 95.1. The molecule has 0 bridgehead atoms. The molecule has 10 rings (SSSR count). The van der Waals surface area contributed by atoms with Crippen molar-refractivity contribution >= 4 is 30.1 Å². The summed E-state index contributed by atoms with van der Waals surface area (Å²) in [4.78, 5) is 63.5. The highest BCUT2D eigenvalue weighted by Gasteiger charge is 2.62. The summed E-state index contributed by atoms with van der Waals surface area (Å²) >= 11 is 0. The second-order valence-electron chi connectivity index (χ2n) is 33.0. The monoisotopic (exact) mass is 1890 g/mol. The zero-order valence-corrected chi connectivity index (χ0v) is 70.0. The average molecular weight is 1890 g/mol. The van der Waals surface area contributed by atoms with Gasteiger partial charge in [-0.3, -0.25) is 24.0 Å². The van der Waals surface area contributed by atoms with E-state index >= 15 is 0 Å². The van der Waals surface area contributed by atoms with Gasteiger partial charge in [-0.1, -0.05) is 6.92 Å². The summed E-state index contributed by atoms with van der Waals surface area (Å²) in [7, 11) is 0. The van der Waals surface area contributed by atoms with Crippen LogP contribution in [0.1, 0.15) is 48.0 Å². The van der Waals surface area contributed by atoms with Crippen LogP contribution in [-0.4, -0.2) is 540 Å². The van der Waals surface area contributed by atoms with E-state index in [2.05, 4.69) is 21.3 Å². The van der Waals surface area contributed by atoms with Gasteiger partial charge in [0.2, 0.25) is 23.6 Å². The Labute approximate surface area is 732 Å². The molecule has 10 heterocycles. The van der Waals surface area contributed by atoms with Crippen LogP contribution in [0.15, 0.2) is 0 Å². The number of aliphatic hydroxyl groups excluding tert-OH is 27. The number of rotatable bonds is 36. The Morgan fingerprint density at radius 2 is 0.667 bits per heavy atom. The number of nitrogens with one attached hydrogen (secondary N) is 4. The summed E-state index contributed by atoms with van der Waals surface area (Å²) in [5.74, 6) is -7.25. The van der Waals surface area contributed by atoms with Gasteiger partial charge in [-0.15, -0.1) is 0 Å². The first kappa shape index (κ1) is 107. The first-order chi connectivity index (χ1) is 61.0. The highest BCUT2D eigenvalue weighted by molar-refractivity contribution is 5.74. The smallest absolute Gasteiger partial charge is 0.332 e. The number of ether oxygens (including phenoxy) is 20. The molecule has 0 aromatic carbocycles. The maximum atomic E-state index is 13.2. The molecule has 51 atom stereocenters. The molecule has 0 radical (unpaired) electrons. The van der Waals surface area contributed by atoms with Crippen LogP contribution in [0.4, 0.5) is 0 Å². The maximum Gasteiger partial charge on any atom is 0.332 e. The fraction of sp³-hybridized carbons (Fsp3) is 0.932. The van der Waals surface area contributed by atoms with Crippen molar-refractivity contribution in [2.75, 3.05) is 66.1 Å². The fourth-order valence-electron chi connectivity index (χ4n) is 16.9. The topological polar surface area (TPSA) is 864 Å². The molecule has 56 nitrogen and oxygen atoms in total. The van der Waals surface area contributed by atoms with Gasteiger partial charge in [-0.05, 0) is 6.92 Å². The van der Waals surface area contributed by atoms with Crippen LogP contribution in [0, 0.1) is 5.92 Å². The van der Waals surface area contributed by atoms with Crippen molar-refractivity contribution in [3.05, 3.63) is 0 Å². The van der Waals surface area contributed by atoms with E-state index in [4.69, 9.17) is 94.7 Å². The van der Waals surface area contributed by atoms with Gasteiger partial charge >= 0.3 is 5.97 Å². The number of aliphatic hydroxyl groups is 27. The predicted molar refractivity (Wildman–Crippen MR) is 399 cm³/mol. The van der Waals surface area contributed by atoms with Crippen molar-refractivity contribution in [3.63, 3.8) is 0 Å². The van der Waals surface area contributed by atoms with E-state index in [1.807, 2.05) is 0 Å². The van der Waals surface area contributed by atoms with E-state index in [9.17, 15) is 162 Å². The average Bonchev–Trinajstić information content (AvgIpc) is 0.804. The van der Waals surface area contributed by atoms with Crippen LogP contribution in [0.5, 0.6) is 0 Å². The van der Waals surface area contributed by atoms with E-state index < -0.39 is 408 Å². The van der Waals surface area contributed by atoms with Gasteiger partial charge in [0, 0.05) is 33.6 Å². The lowest BCUT2D eigenvalue weighted by molar-refractivity contribution is -0.424. The molecule has 0 saturated carbocycles. The highest BCUT2D eigenvalue weighted by atomic mass is 16.9. The molecule has 10 aliphatic heterocycles. The van der Waals surface area contributed by atoms with Crippen LogP contribution in [0.2, 0.25) is 0 Å². The first-order valence-electron chi connectivity index (χ1n) is 41.4. The molecule has 129 heavy (non-hydrogen) atoms. The number of hydrogen-bond acceptors (Lipinski definition) is 52. The second kappa shape index (κ2) is 46.6. The maximum absolute atomic E-state index is 13.2. The lowest BCUT2D eigenvalue weighted by Gasteiger charge is -2.51.